The molecule has 0 aliphatic carbocycles. The van der Waals surface area contributed by atoms with Crippen LogP contribution in [0.3, 0.4) is 0 Å². The van der Waals surface area contributed by atoms with E-state index in [-0.39, 0.29) is 23.5 Å². The van der Waals surface area contributed by atoms with Crippen LogP contribution in [0.2, 0.25) is 0 Å². The molecule has 2 N–H and O–H groups in total. The maximum atomic E-state index is 10.9. The molecule has 170 valence electrons. The van der Waals surface area contributed by atoms with Gasteiger partial charge in [-0.2, -0.15) is 10.2 Å². The molecule has 2 atom stereocenters. The standard InChI is InChI=1S/C24H20N6O4/c31-29(32)19-8-4-15(5-9-19)21-13-23(27-25-21)17-2-1-3-18(12-17)24-14-22(26-28-24)16-6-10-20(11-7-16)30(33)34/h1-12,21-22,25-26H,13-14H2. The molecule has 0 spiro atoms. The summed E-state index contributed by atoms with van der Waals surface area (Å²) in [6.07, 6.45) is 1.33. The summed E-state index contributed by atoms with van der Waals surface area (Å²) in [5.41, 5.74) is 12.0. The molecule has 0 amide bonds. The van der Waals surface area contributed by atoms with E-state index in [1.807, 2.05) is 18.2 Å². The predicted octanol–water partition coefficient (Wildman–Crippen LogP) is 4.38. The van der Waals surface area contributed by atoms with E-state index in [9.17, 15) is 20.2 Å². The lowest BCUT2D eigenvalue weighted by Crippen LogP contribution is -2.10. The van der Waals surface area contributed by atoms with E-state index < -0.39 is 9.85 Å². The zero-order valence-electron chi connectivity index (χ0n) is 17.9. The number of nitrogens with zero attached hydrogens (tertiary/aromatic N) is 4. The van der Waals surface area contributed by atoms with Gasteiger partial charge in [0.1, 0.15) is 0 Å². The Morgan fingerprint density at radius 2 is 1.09 bits per heavy atom. The monoisotopic (exact) mass is 456 g/mol. The van der Waals surface area contributed by atoms with Gasteiger partial charge in [0.2, 0.25) is 0 Å². The van der Waals surface area contributed by atoms with E-state index in [2.05, 4.69) is 27.1 Å². The molecular formula is C24H20N6O4. The first-order valence-electron chi connectivity index (χ1n) is 10.7. The highest BCUT2D eigenvalue weighted by Crippen LogP contribution is 2.29. The third kappa shape index (κ3) is 4.20. The molecule has 2 unspecified atom stereocenters. The normalized spacial score (nSPS) is 19.1. The number of hydrazone groups is 2. The minimum Gasteiger partial charge on any atom is -0.302 e. The number of benzene rings is 3. The average molecular weight is 456 g/mol. The highest BCUT2D eigenvalue weighted by atomic mass is 16.6. The van der Waals surface area contributed by atoms with Crippen molar-refractivity contribution in [2.24, 2.45) is 10.2 Å². The summed E-state index contributed by atoms with van der Waals surface area (Å²) in [7, 11) is 0. The predicted molar refractivity (Wildman–Crippen MR) is 127 cm³/mol. The topological polar surface area (TPSA) is 135 Å². The summed E-state index contributed by atoms with van der Waals surface area (Å²) >= 11 is 0. The lowest BCUT2D eigenvalue weighted by Gasteiger charge is -2.10. The fraction of sp³-hybridized carbons (Fsp3) is 0.167. The molecule has 3 aromatic rings. The highest BCUT2D eigenvalue weighted by Gasteiger charge is 2.25. The molecule has 10 nitrogen and oxygen atoms in total. The van der Waals surface area contributed by atoms with Gasteiger partial charge in [-0.25, -0.2) is 0 Å². The lowest BCUT2D eigenvalue weighted by atomic mass is 9.95. The van der Waals surface area contributed by atoms with E-state index in [1.54, 1.807) is 24.3 Å². The SMILES string of the molecule is O=[N+]([O-])c1ccc(C2CC(c3cccc(C4=NNC(c5ccc([N+](=O)[O-])cc5)C4)c3)=NN2)cc1. The van der Waals surface area contributed by atoms with Crippen molar-refractivity contribution < 1.29 is 9.85 Å². The molecule has 0 saturated heterocycles. The van der Waals surface area contributed by atoms with Crippen LogP contribution >= 0.6 is 0 Å². The van der Waals surface area contributed by atoms with Crippen molar-refractivity contribution in [3.05, 3.63) is 115 Å². The van der Waals surface area contributed by atoms with E-state index >= 15 is 0 Å². The molecule has 0 saturated carbocycles. The summed E-state index contributed by atoms with van der Waals surface area (Å²) in [5.74, 6) is 0. The van der Waals surface area contributed by atoms with Crippen LogP contribution in [0.25, 0.3) is 0 Å². The Morgan fingerprint density at radius 1 is 0.676 bits per heavy atom. The summed E-state index contributed by atoms with van der Waals surface area (Å²) in [4.78, 5) is 20.9. The number of rotatable bonds is 6. The number of non-ortho nitro benzene ring substituents is 2. The van der Waals surface area contributed by atoms with Gasteiger partial charge in [-0.1, -0.05) is 42.5 Å². The van der Waals surface area contributed by atoms with Gasteiger partial charge in [0.05, 0.1) is 33.4 Å². The maximum Gasteiger partial charge on any atom is 0.269 e. The van der Waals surface area contributed by atoms with Gasteiger partial charge >= 0.3 is 0 Å². The second kappa shape index (κ2) is 8.74. The number of nitrogens with one attached hydrogen (secondary N) is 2. The largest absolute Gasteiger partial charge is 0.302 e. The zero-order valence-corrected chi connectivity index (χ0v) is 17.9. The van der Waals surface area contributed by atoms with Crippen LogP contribution in [-0.2, 0) is 0 Å². The lowest BCUT2D eigenvalue weighted by molar-refractivity contribution is -0.385. The van der Waals surface area contributed by atoms with Crippen molar-refractivity contribution in [2.45, 2.75) is 24.9 Å². The molecule has 0 aromatic heterocycles. The summed E-state index contributed by atoms with van der Waals surface area (Å²) in [5, 5.41) is 30.8. The third-order valence-electron chi connectivity index (χ3n) is 6.05. The Bertz CT molecular complexity index is 1220. The smallest absolute Gasteiger partial charge is 0.269 e. The van der Waals surface area contributed by atoms with Crippen LogP contribution in [-0.4, -0.2) is 21.3 Å². The molecule has 2 heterocycles. The molecule has 34 heavy (non-hydrogen) atoms. The molecule has 5 rings (SSSR count). The van der Waals surface area contributed by atoms with E-state index in [1.165, 1.54) is 24.3 Å². The second-order valence-electron chi connectivity index (χ2n) is 8.17. The van der Waals surface area contributed by atoms with Crippen LogP contribution < -0.4 is 10.9 Å². The van der Waals surface area contributed by atoms with Crippen LogP contribution in [0.15, 0.2) is 83.0 Å². The summed E-state index contributed by atoms with van der Waals surface area (Å²) in [6, 6.07) is 20.9. The summed E-state index contributed by atoms with van der Waals surface area (Å²) < 4.78 is 0. The van der Waals surface area contributed by atoms with E-state index in [0.29, 0.717) is 12.8 Å². The Hall–Kier alpha value is -4.60. The van der Waals surface area contributed by atoms with Gasteiger partial charge in [0, 0.05) is 37.1 Å². The molecule has 2 aliphatic rings. The first kappa shape index (κ1) is 21.3. The third-order valence-corrected chi connectivity index (χ3v) is 6.05. The highest BCUT2D eigenvalue weighted by molar-refractivity contribution is 6.06. The van der Waals surface area contributed by atoms with E-state index in [0.717, 1.165) is 33.7 Å². The fourth-order valence-corrected chi connectivity index (χ4v) is 4.17. The van der Waals surface area contributed by atoms with Crippen molar-refractivity contribution >= 4 is 22.8 Å². The van der Waals surface area contributed by atoms with E-state index in [4.69, 9.17) is 0 Å². The van der Waals surface area contributed by atoms with Crippen molar-refractivity contribution in [3.8, 4) is 0 Å². The van der Waals surface area contributed by atoms with Crippen molar-refractivity contribution in [1.29, 1.82) is 0 Å². The van der Waals surface area contributed by atoms with Crippen molar-refractivity contribution in [2.75, 3.05) is 0 Å². The van der Waals surface area contributed by atoms with Crippen LogP contribution in [0.1, 0.15) is 47.2 Å². The van der Waals surface area contributed by atoms with Gasteiger partial charge in [0.25, 0.3) is 11.4 Å². The Balaban J connectivity index is 1.26. The zero-order chi connectivity index (χ0) is 23.7. The maximum absolute atomic E-state index is 10.9. The molecule has 3 aromatic carbocycles. The first-order chi connectivity index (χ1) is 16.5. The quantitative estimate of drug-likeness (QED) is 0.417. The number of nitro groups is 2. The Labute approximate surface area is 194 Å². The van der Waals surface area contributed by atoms with Crippen LogP contribution in [0.5, 0.6) is 0 Å². The Morgan fingerprint density at radius 3 is 1.47 bits per heavy atom. The number of nitro benzene ring substituents is 2. The van der Waals surface area contributed by atoms with Crippen LogP contribution in [0, 0.1) is 20.2 Å². The van der Waals surface area contributed by atoms with Gasteiger partial charge < -0.3 is 10.9 Å². The molecule has 0 bridgehead atoms. The molecule has 0 radical (unpaired) electrons. The van der Waals surface area contributed by atoms with Gasteiger partial charge in [-0.15, -0.1) is 0 Å². The first-order valence-corrected chi connectivity index (χ1v) is 10.7. The summed E-state index contributed by atoms with van der Waals surface area (Å²) in [6.45, 7) is 0. The number of hydrogen-bond donors (Lipinski definition) is 2. The molecule has 2 aliphatic heterocycles. The van der Waals surface area contributed by atoms with Gasteiger partial charge in [0.15, 0.2) is 0 Å². The number of hydrogen-bond acceptors (Lipinski definition) is 8. The minimum atomic E-state index is -0.411. The fourth-order valence-electron chi connectivity index (χ4n) is 4.17. The van der Waals surface area contributed by atoms with Crippen LogP contribution in [0.4, 0.5) is 11.4 Å². The van der Waals surface area contributed by atoms with Crippen molar-refractivity contribution in [3.63, 3.8) is 0 Å². The molecule has 0 fully saturated rings. The molecule has 10 heteroatoms. The average Bonchev–Trinajstić information content (AvgIpc) is 3.55. The minimum absolute atomic E-state index is 0.0449. The van der Waals surface area contributed by atoms with Gasteiger partial charge in [-0.05, 0) is 28.3 Å². The molecular weight excluding hydrogens is 436 g/mol. The van der Waals surface area contributed by atoms with Gasteiger partial charge in [-0.3, -0.25) is 20.2 Å². The van der Waals surface area contributed by atoms with Crippen molar-refractivity contribution in [1.82, 2.24) is 10.9 Å². The second-order valence-corrected chi connectivity index (χ2v) is 8.17. The Kier molecular flexibility index (Phi) is 5.46.